The Hall–Kier alpha value is -2.10. The number of nitrogens with zero attached hydrogens (tertiary/aromatic N) is 1. The molecule has 1 aromatic heterocycles. The molecule has 2 heterocycles. The smallest absolute Gasteiger partial charge is 0.0937 e. The number of benzene rings is 2. The van der Waals surface area contributed by atoms with Gasteiger partial charge in [-0.3, -0.25) is 0 Å². The van der Waals surface area contributed by atoms with Crippen molar-refractivity contribution in [2.45, 2.75) is 25.4 Å². The Kier molecular flexibility index (Phi) is 4.86. The van der Waals surface area contributed by atoms with Crippen LogP contribution in [0.4, 0.5) is 0 Å². The number of β-amino-alcohol motifs (C(OH)–C–C–N with tert-alkyl or cyclic N) is 1. The van der Waals surface area contributed by atoms with Gasteiger partial charge in [0.25, 0.3) is 0 Å². The van der Waals surface area contributed by atoms with Crippen LogP contribution in [-0.4, -0.2) is 34.6 Å². The topological polar surface area (TPSA) is 39.3 Å². The van der Waals surface area contributed by atoms with Crippen molar-refractivity contribution in [1.82, 2.24) is 9.88 Å². The minimum atomic E-state index is -0.429. The van der Waals surface area contributed by atoms with E-state index in [0.717, 1.165) is 42.0 Å². The van der Waals surface area contributed by atoms with Gasteiger partial charge in [-0.2, -0.15) is 0 Å². The van der Waals surface area contributed by atoms with E-state index in [1.54, 1.807) is 0 Å². The van der Waals surface area contributed by atoms with Gasteiger partial charge < -0.3 is 15.0 Å². The first-order chi connectivity index (χ1) is 12.3. The predicted molar refractivity (Wildman–Crippen MR) is 103 cm³/mol. The van der Waals surface area contributed by atoms with Gasteiger partial charge in [-0.15, -0.1) is 0 Å². The van der Waals surface area contributed by atoms with Crippen LogP contribution in [0.25, 0.3) is 10.9 Å². The second-order valence-electron chi connectivity index (χ2n) is 7.24. The summed E-state index contributed by atoms with van der Waals surface area (Å²) in [5.74, 6) is 0.767. The van der Waals surface area contributed by atoms with Crippen molar-refractivity contribution in [3.8, 4) is 0 Å². The molecule has 3 aromatic rings. The van der Waals surface area contributed by atoms with Gasteiger partial charge in [-0.05, 0) is 49.9 Å². The Labute approximate surface area is 149 Å². The van der Waals surface area contributed by atoms with Crippen molar-refractivity contribution >= 4 is 10.9 Å². The quantitative estimate of drug-likeness (QED) is 0.735. The minimum absolute atomic E-state index is 0.429. The highest BCUT2D eigenvalue weighted by Crippen LogP contribution is 2.27. The number of aromatic amines is 1. The molecule has 0 aliphatic carbocycles. The maximum Gasteiger partial charge on any atom is 0.0937 e. The number of para-hydroxylation sites is 1. The maximum absolute atomic E-state index is 10.7. The van der Waals surface area contributed by atoms with Crippen molar-refractivity contribution in [2.75, 3.05) is 19.6 Å². The van der Waals surface area contributed by atoms with Crippen LogP contribution < -0.4 is 0 Å². The standard InChI is InChI=1S/C22H26N2O/c25-22(20-15-23-21-9-5-4-8-19(20)21)16-24-12-10-18(11-13-24)14-17-6-2-1-3-7-17/h1-9,15,18,22-23,25H,10-14,16H2/t22-/m1/s1. The fraction of sp³-hybridized carbons (Fsp3) is 0.364. The van der Waals surface area contributed by atoms with E-state index in [-0.39, 0.29) is 0 Å². The molecule has 4 rings (SSSR count). The van der Waals surface area contributed by atoms with Crippen LogP contribution in [0.5, 0.6) is 0 Å². The average Bonchev–Trinajstić information content (AvgIpc) is 3.08. The van der Waals surface area contributed by atoms with E-state index in [9.17, 15) is 5.11 Å². The third kappa shape index (κ3) is 3.78. The number of rotatable bonds is 5. The molecule has 1 aliphatic heterocycles. The number of likely N-dealkylation sites (tertiary alicyclic amines) is 1. The van der Waals surface area contributed by atoms with E-state index in [1.807, 2.05) is 18.3 Å². The van der Waals surface area contributed by atoms with Gasteiger partial charge in [0.2, 0.25) is 0 Å². The molecule has 3 nitrogen and oxygen atoms in total. The number of fused-ring (bicyclic) bond motifs is 1. The molecule has 0 amide bonds. The van der Waals surface area contributed by atoms with Gasteiger partial charge in [-0.25, -0.2) is 0 Å². The lowest BCUT2D eigenvalue weighted by Crippen LogP contribution is -2.37. The summed E-state index contributed by atoms with van der Waals surface area (Å²) in [6, 6.07) is 19.0. The Morgan fingerprint density at radius 3 is 2.52 bits per heavy atom. The molecule has 0 spiro atoms. The lowest BCUT2D eigenvalue weighted by atomic mass is 9.90. The lowest BCUT2D eigenvalue weighted by Gasteiger charge is -2.33. The van der Waals surface area contributed by atoms with Crippen LogP contribution in [0.1, 0.15) is 30.1 Å². The summed E-state index contributed by atoms with van der Waals surface area (Å²) in [6.45, 7) is 2.88. The monoisotopic (exact) mass is 334 g/mol. The highest BCUT2D eigenvalue weighted by molar-refractivity contribution is 5.83. The van der Waals surface area contributed by atoms with Crippen molar-refractivity contribution < 1.29 is 5.11 Å². The summed E-state index contributed by atoms with van der Waals surface area (Å²) in [4.78, 5) is 5.67. The summed E-state index contributed by atoms with van der Waals surface area (Å²) in [6.07, 6.45) is 5.14. The van der Waals surface area contributed by atoms with Gasteiger partial charge in [0.05, 0.1) is 6.10 Å². The summed E-state index contributed by atoms with van der Waals surface area (Å²) < 4.78 is 0. The highest BCUT2D eigenvalue weighted by atomic mass is 16.3. The normalized spacial score (nSPS) is 17.8. The fourth-order valence-electron chi connectivity index (χ4n) is 4.03. The summed E-state index contributed by atoms with van der Waals surface area (Å²) in [5, 5.41) is 11.8. The number of hydrogen-bond acceptors (Lipinski definition) is 2. The Balaban J connectivity index is 1.32. The van der Waals surface area contributed by atoms with Crippen LogP contribution in [0, 0.1) is 5.92 Å². The van der Waals surface area contributed by atoms with Gasteiger partial charge in [0.1, 0.15) is 0 Å². The molecule has 0 radical (unpaired) electrons. The van der Waals surface area contributed by atoms with Gasteiger partial charge in [0.15, 0.2) is 0 Å². The zero-order chi connectivity index (χ0) is 17.1. The number of aromatic nitrogens is 1. The molecule has 1 fully saturated rings. The highest BCUT2D eigenvalue weighted by Gasteiger charge is 2.22. The number of aliphatic hydroxyl groups is 1. The molecule has 3 heteroatoms. The van der Waals surface area contributed by atoms with Crippen molar-refractivity contribution in [3.05, 3.63) is 71.9 Å². The van der Waals surface area contributed by atoms with Crippen LogP contribution in [0.2, 0.25) is 0 Å². The molecule has 2 aromatic carbocycles. The molecule has 1 aliphatic rings. The third-order valence-electron chi connectivity index (χ3n) is 5.49. The average molecular weight is 334 g/mol. The molecular formula is C22H26N2O. The van der Waals surface area contributed by atoms with Crippen molar-refractivity contribution in [1.29, 1.82) is 0 Å². The summed E-state index contributed by atoms with van der Waals surface area (Å²) >= 11 is 0. The number of hydrogen-bond donors (Lipinski definition) is 2. The Morgan fingerprint density at radius 1 is 1.00 bits per heavy atom. The van der Waals surface area contributed by atoms with Gasteiger partial charge in [0, 0.05) is 29.2 Å². The van der Waals surface area contributed by atoms with Crippen LogP contribution >= 0.6 is 0 Å². The number of nitrogens with one attached hydrogen (secondary N) is 1. The maximum atomic E-state index is 10.7. The molecule has 1 atom stereocenters. The third-order valence-corrected chi connectivity index (χ3v) is 5.49. The second-order valence-corrected chi connectivity index (χ2v) is 7.24. The first-order valence-electron chi connectivity index (χ1n) is 9.30. The molecule has 0 saturated carbocycles. The van der Waals surface area contributed by atoms with E-state index < -0.39 is 6.10 Å². The van der Waals surface area contributed by atoms with Crippen LogP contribution in [0.3, 0.4) is 0 Å². The summed E-state index contributed by atoms with van der Waals surface area (Å²) in [7, 11) is 0. The van der Waals surface area contributed by atoms with E-state index in [2.05, 4.69) is 52.3 Å². The molecule has 1 saturated heterocycles. The molecule has 0 unspecified atom stereocenters. The SMILES string of the molecule is O[C@H](CN1CCC(Cc2ccccc2)CC1)c1c[nH]c2ccccc12. The van der Waals surface area contributed by atoms with E-state index >= 15 is 0 Å². The number of H-pyrrole nitrogens is 1. The molecular weight excluding hydrogens is 308 g/mol. The lowest BCUT2D eigenvalue weighted by molar-refractivity contribution is 0.0901. The van der Waals surface area contributed by atoms with Crippen LogP contribution in [0.15, 0.2) is 60.8 Å². The van der Waals surface area contributed by atoms with Crippen molar-refractivity contribution in [2.24, 2.45) is 5.92 Å². The molecule has 2 N–H and O–H groups in total. The Morgan fingerprint density at radius 2 is 1.72 bits per heavy atom. The molecule has 0 bridgehead atoms. The van der Waals surface area contributed by atoms with Crippen molar-refractivity contribution in [3.63, 3.8) is 0 Å². The van der Waals surface area contributed by atoms with Gasteiger partial charge in [-0.1, -0.05) is 48.5 Å². The Bertz CT molecular complexity index is 803. The zero-order valence-electron chi connectivity index (χ0n) is 14.6. The van der Waals surface area contributed by atoms with Gasteiger partial charge >= 0.3 is 0 Å². The summed E-state index contributed by atoms with van der Waals surface area (Å²) in [5.41, 5.74) is 3.56. The first-order valence-corrected chi connectivity index (χ1v) is 9.30. The largest absolute Gasteiger partial charge is 0.387 e. The predicted octanol–water partition coefficient (Wildman–Crippen LogP) is 4.16. The van der Waals surface area contributed by atoms with E-state index in [1.165, 1.54) is 24.8 Å². The second kappa shape index (κ2) is 7.42. The van der Waals surface area contributed by atoms with E-state index in [4.69, 9.17) is 0 Å². The zero-order valence-corrected chi connectivity index (χ0v) is 14.6. The molecule has 130 valence electrons. The fourth-order valence-corrected chi connectivity index (χ4v) is 4.03. The molecule has 25 heavy (non-hydrogen) atoms. The van der Waals surface area contributed by atoms with E-state index in [0.29, 0.717) is 0 Å². The van der Waals surface area contributed by atoms with Crippen LogP contribution in [-0.2, 0) is 6.42 Å². The number of aliphatic hydroxyl groups excluding tert-OH is 1. The number of piperidine rings is 1. The first kappa shape index (κ1) is 16.4. The minimum Gasteiger partial charge on any atom is -0.387 e.